The zero-order valence-corrected chi connectivity index (χ0v) is 6.48. The van der Waals surface area contributed by atoms with E-state index in [0.717, 1.165) is 0 Å². The molecule has 1 heterocycles. The summed E-state index contributed by atoms with van der Waals surface area (Å²) >= 11 is 0. The van der Waals surface area contributed by atoms with E-state index in [1.807, 2.05) is 0 Å². The fourth-order valence-electron chi connectivity index (χ4n) is 0.799. The molecule has 0 saturated carbocycles. The molecule has 0 aliphatic rings. The van der Waals surface area contributed by atoms with Gasteiger partial charge in [-0.25, -0.2) is 4.98 Å². The quantitative estimate of drug-likeness (QED) is 0.549. The van der Waals surface area contributed by atoms with Gasteiger partial charge in [-0.15, -0.1) is 0 Å². The number of hydrogen-bond acceptors (Lipinski definition) is 3. The lowest BCUT2D eigenvalue weighted by Gasteiger charge is -2.06. The van der Waals surface area contributed by atoms with Gasteiger partial charge in [0.05, 0.1) is 17.1 Å². The number of nitrogens with two attached hydrogens (primary N) is 2. The van der Waals surface area contributed by atoms with Crippen molar-refractivity contribution < 1.29 is 4.39 Å². The van der Waals surface area contributed by atoms with E-state index >= 15 is 0 Å². The van der Waals surface area contributed by atoms with Gasteiger partial charge in [0, 0.05) is 5.56 Å². The molecule has 0 radical (unpaired) electrons. The lowest BCUT2D eigenvalue weighted by molar-refractivity contribution is 0.572. The van der Waals surface area contributed by atoms with Crippen molar-refractivity contribution in [3.8, 4) is 0 Å². The molecule has 1 aromatic heterocycles. The summed E-state index contributed by atoms with van der Waals surface area (Å²) in [5.74, 6) is -0.547. The number of rotatable bonds is 0. The Balaban J connectivity index is 3.46. The number of aryl methyl sites for hydroxylation is 1. The SMILES string of the molecule is Cc1nc(F)c(C)c(N)c1N. The Labute approximate surface area is 64.2 Å². The molecule has 1 rings (SSSR count). The molecule has 0 fully saturated rings. The van der Waals surface area contributed by atoms with Gasteiger partial charge in [-0.1, -0.05) is 0 Å². The molecule has 0 aliphatic heterocycles. The first-order valence-electron chi connectivity index (χ1n) is 3.21. The Morgan fingerprint density at radius 2 is 1.73 bits per heavy atom. The molecule has 4 heteroatoms. The van der Waals surface area contributed by atoms with Crippen LogP contribution in [0.4, 0.5) is 15.8 Å². The second kappa shape index (κ2) is 2.38. The molecule has 3 nitrogen and oxygen atoms in total. The van der Waals surface area contributed by atoms with Crippen LogP contribution in [0.25, 0.3) is 0 Å². The second-order valence-corrected chi connectivity index (χ2v) is 2.44. The molecule has 4 N–H and O–H groups in total. The van der Waals surface area contributed by atoms with Gasteiger partial charge in [0.25, 0.3) is 0 Å². The van der Waals surface area contributed by atoms with Crippen molar-refractivity contribution in [3.05, 3.63) is 17.2 Å². The first kappa shape index (κ1) is 7.78. The lowest BCUT2D eigenvalue weighted by Crippen LogP contribution is -2.04. The molecule has 0 saturated heterocycles. The third-order valence-corrected chi connectivity index (χ3v) is 1.66. The molecule has 0 unspecified atom stereocenters. The van der Waals surface area contributed by atoms with Gasteiger partial charge in [0.2, 0.25) is 5.95 Å². The molecule has 0 aliphatic carbocycles. The summed E-state index contributed by atoms with van der Waals surface area (Å²) in [6, 6.07) is 0. The average molecular weight is 155 g/mol. The van der Waals surface area contributed by atoms with Gasteiger partial charge in [-0.05, 0) is 13.8 Å². The fourth-order valence-corrected chi connectivity index (χ4v) is 0.799. The summed E-state index contributed by atoms with van der Waals surface area (Å²) in [5.41, 5.74) is 12.4. The minimum atomic E-state index is -0.547. The number of hydrogen-bond donors (Lipinski definition) is 2. The van der Waals surface area contributed by atoms with E-state index in [1.165, 1.54) is 0 Å². The molecule has 0 atom stereocenters. The number of nitrogen functional groups attached to an aromatic ring is 2. The van der Waals surface area contributed by atoms with Crippen molar-refractivity contribution in [1.29, 1.82) is 0 Å². The highest BCUT2D eigenvalue weighted by molar-refractivity contribution is 5.68. The average Bonchev–Trinajstić information content (AvgIpc) is 1.97. The van der Waals surface area contributed by atoms with Gasteiger partial charge in [0.1, 0.15) is 0 Å². The van der Waals surface area contributed by atoms with Gasteiger partial charge in [0.15, 0.2) is 0 Å². The summed E-state index contributed by atoms with van der Waals surface area (Å²) in [5, 5.41) is 0. The Kier molecular flexibility index (Phi) is 1.68. The predicted molar refractivity (Wildman–Crippen MR) is 42.5 cm³/mol. The van der Waals surface area contributed by atoms with Gasteiger partial charge in [-0.2, -0.15) is 4.39 Å². The molecule has 0 amide bonds. The molecule has 0 bridgehead atoms. The number of aromatic nitrogens is 1. The highest BCUT2D eigenvalue weighted by atomic mass is 19.1. The first-order chi connectivity index (χ1) is 5.04. The summed E-state index contributed by atoms with van der Waals surface area (Å²) in [7, 11) is 0. The number of anilines is 2. The van der Waals surface area contributed by atoms with Crippen LogP contribution < -0.4 is 11.5 Å². The van der Waals surface area contributed by atoms with Crippen molar-refractivity contribution >= 4 is 11.4 Å². The van der Waals surface area contributed by atoms with E-state index in [1.54, 1.807) is 13.8 Å². The van der Waals surface area contributed by atoms with Crippen LogP contribution in [0.1, 0.15) is 11.3 Å². The molecular formula is C7H10FN3. The van der Waals surface area contributed by atoms with Gasteiger partial charge >= 0.3 is 0 Å². The lowest BCUT2D eigenvalue weighted by atomic mass is 10.2. The van der Waals surface area contributed by atoms with Crippen molar-refractivity contribution in [2.24, 2.45) is 0 Å². The maximum Gasteiger partial charge on any atom is 0.218 e. The largest absolute Gasteiger partial charge is 0.397 e. The minimum absolute atomic E-state index is 0.287. The molecular weight excluding hydrogens is 145 g/mol. The number of halogens is 1. The minimum Gasteiger partial charge on any atom is -0.397 e. The fraction of sp³-hybridized carbons (Fsp3) is 0.286. The van der Waals surface area contributed by atoms with Crippen LogP contribution in [0.3, 0.4) is 0 Å². The zero-order chi connectivity index (χ0) is 8.59. The zero-order valence-electron chi connectivity index (χ0n) is 6.48. The first-order valence-corrected chi connectivity index (χ1v) is 3.21. The maximum absolute atomic E-state index is 12.8. The van der Waals surface area contributed by atoms with Crippen LogP contribution in [-0.2, 0) is 0 Å². The molecule has 0 spiro atoms. The van der Waals surface area contributed by atoms with Gasteiger partial charge < -0.3 is 11.5 Å². The van der Waals surface area contributed by atoms with E-state index in [2.05, 4.69) is 4.98 Å². The third-order valence-electron chi connectivity index (χ3n) is 1.66. The van der Waals surface area contributed by atoms with Crippen LogP contribution in [0, 0.1) is 19.8 Å². The Morgan fingerprint density at radius 3 is 2.27 bits per heavy atom. The third kappa shape index (κ3) is 1.11. The Morgan fingerprint density at radius 1 is 1.18 bits per heavy atom. The van der Waals surface area contributed by atoms with Crippen LogP contribution in [0.5, 0.6) is 0 Å². The van der Waals surface area contributed by atoms with Crippen LogP contribution in [-0.4, -0.2) is 4.98 Å². The number of pyridine rings is 1. The standard InChI is InChI=1S/C7H10FN3/c1-3-5(9)6(10)4(2)11-7(3)8/h10H2,1-2H3,(H2,9,11). The second-order valence-electron chi connectivity index (χ2n) is 2.44. The summed E-state index contributed by atoms with van der Waals surface area (Å²) in [6.45, 7) is 3.17. The summed E-state index contributed by atoms with van der Waals surface area (Å²) < 4.78 is 12.8. The summed E-state index contributed by atoms with van der Waals surface area (Å²) in [4.78, 5) is 3.56. The molecule has 11 heavy (non-hydrogen) atoms. The summed E-state index contributed by atoms with van der Waals surface area (Å²) in [6.07, 6.45) is 0. The van der Waals surface area contributed by atoms with Crippen molar-refractivity contribution in [3.63, 3.8) is 0 Å². The van der Waals surface area contributed by atoms with E-state index in [-0.39, 0.29) is 5.69 Å². The van der Waals surface area contributed by atoms with E-state index in [9.17, 15) is 4.39 Å². The van der Waals surface area contributed by atoms with Crippen molar-refractivity contribution in [1.82, 2.24) is 4.98 Å². The van der Waals surface area contributed by atoms with E-state index in [4.69, 9.17) is 11.5 Å². The van der Waals surface area contributed by atoms with Crippen LogP contribution in [0.15, 0.2) is 0 Å². The monoisotopic (exact) mass is 155 g/mol. The molecule has 60 valence electrons. The van der Waals surface area contributed by atoms with E-state index in [0.29, 0.717) is 16.9 Å². The Bertz CT molecular complexity index is 270. The highest BCUT2D eigenvalue weighted by Gasteiger charge is 2.08. The van der Waals surface area contributed by atoms with Crippen LogP contribution >= 0.6 is 0 Å². The molecule has 0 aromatic carbocycles. The maximum atomic E-state index is 12.8. The van der Waals surface area contributed by atoms with Crippen molar-refractivity contribution in [2.45, 2.75) is 13.8 Å². The normalized spacial score (nSPS) is 10.1. The topological polar surface area (TPSA) is 64.9 Å². The van der Waals surface area contributed by atoms with Crippen molar-refractivity contribution in [2.75, 3.05) is 11.5 Å². The predicted octanol–water partition coefficient (Wildman–Crippen LogP) is 1.00. The number of nitrogens with zero attached hydrogens (tertiary/aromatic N) is 1. The van der Waals surface area contributed by atoms with Gasteiger partial charge in [-0.3, -0.25) is 0 Å². The smallest absolute Gasteiger partial charge is 0.218 e. The molecule has 1 aromatic rings. The Hall–Kier alpha value is -1.32. The van der Waals surface area contributed by atoms with E-state index < -0.39 is 5.95 Å². The highest BCUT2D eigenvalue weighted by Crippen LogP contribution is 2.22. The van der Waals surface area contributed by atoms with Crippen LogP contribution in [0.2, 0.25) is 0 Å².